The van der Waals surface area contributed by atoms with E-state index < -0.39 is 0 Å². The van der Waals surface area contributed by atoms with E-state index in [9.17, 15) is 0 Å². The fourth-order valence-electron chi connectivity index (χ4n) is 2.25. The molecule has 1 aromatic heterocycles. The lowest BCUT2D eigenvalue weighted by atomic mass is 10.3. The predicted molar refractivity (Wildman–Crippen MR) is 69.0 cm³/mol. The van der Waals surface area contributed by atoms with Gasteiger partial charge in [-0.2, -0.15) is 0 Å². The number of aromatic nitrogens is 2. The van der Waals surface area contributed by atoms with Crippen LogP contribution in [-0.4, -0.2) is 22.5 Å². The van der Waals surface area contributed by atoms with Gasteiger partial charge in [-0.1, -0.05) is 0 Å². The molecule has 1 aromatic carbocycles. The van der Waals surface area contributed by atoms with Crippen LogP contribution < -0.4 is 4.74 Å². The summed E-state index contributed by atoms with van der Waals surface area (Å²) in [5.74, 6) is 2.61. The van der Waals surface area contributed by atoms with Crippen molar-refractivity contribution in [2.75, 3.05) is 13.0 Å². The van der Waals surface area contributed by atoms with Crippen molar-refractivity contribution in [2.24, 2.45) is 0 Å². The first-order chi connectivity index (χ1) is 8.33. The fraction of sp³-hybridized carbons (Fsp3) is 0.462. The number of hydrogen-bond acceptors (Lipinski definition) is 2. The molecule has 2 aromatic rings. The summed E-state index contributed by atoms with van der Waals surface area (Å²) in [5, 5.41) is 0. The lowest BCUT2D eigenvalue weighted by molar-refractivity contribution is 0.415. The van der Waals surface area contributed by atoms with E-state index in [-0.39, 0.29) is 0 Å². The van der Waals surface area contributed by atoms with E-state index in [4.69, 9.17) is 16.3 Å². The van der Waals surface area contributed by atoms with Gasteiger partial charge in [-0.3, -0.25) is 0 Å². The molecule has 0 spiro atoms. The van der Waals surface area contributed by atoms with Gasteiger partial charge in [0, 0.05) is 24.4 Å². The average molecular weight is 251 g/mol. The van der Waals surface area contributed by atoms with Gasteiger partial charge in [-0.05, 0) is 25.0 Å². The first-order valence-corrected chi connectivity index (χ1v) is 6.47. The lowest BCUT2D eigenvalue weighted by Crippen LogP contribution is -2.02. The molecule has 0 radical (unpaired) electrons. The topological polar surface area (TPSA) is 27.1 Å². The number of ether oxygens (including phenoxy) is 1. The standard InChI is InChI=1S/C13H15ClN2O/c1-17-10-4-5-11-12(8-10)16(9-2-3-9)13(15-11)6-7-14/h4-5,8-9H,2-3,6-7H2,1H3. The smallest absolute Gasteiger partial charge is 0.121 e. The van der Waals surface area contributed by atoms with Crippen LogP contribution in [0, 0.1) is 0 Å². The highest BCUT2D eigenvalue weighted by Crippen LogP contribution is 2.39. The summed E-state index contributed by atoms with van der Waals surface area (Å²) in [5.41, 5.74) is 2.21. The normalized spacial score (nSPS) is 15.4. The molecule has 0 bridgehead atoms. The van der Waals surface area contributed by atoms with E-state index in [1.165, 1.54) is 18.4 Å². The highest BCUT2D eigenvalue weighted by Gasteiger charge is 2.28. The molecule has 0 unspecified atom stereocenters. The Hall–Kier alpha value is -1.22. The number of halogens is 1. The van der Waals surface area contributed by atoms with Crippen molar-refractivity contribution >= 4 is 22.6 Å². The number of benzene rings is 1. The first kappa shape index (κ1) is 10.9. The Bertz CT molecular complexity index is 546. The van der Waals surface area contributed by atoms with Gasteiger partial charge in [0.05, 0.1) is 18.1 Å². The number of imidazole rings is 1. The largest absolute Gasteiger partial charge is 0.497 e. The molecule has 1 fully saturated rings. The predicted octanol–water partition coefficient (Wildman–Crippen LogP) is 3.16. The third kappa shape index (κ3) is 1.89. The molecule has 3 nitrogen and oxygen atoms in total. The van der Waals surface area contributed by atoms with Crippen LogP contribution in [0.15, 0.2) is 18.2 Å². The Balaban J connectivity index is 2.17. The fourth-order valence-corrected chi connectivity index (χ4v) is 2.42. The second kappa shape index (κ2) is 4.22. The molecule has 0 aliphatic heterocycles. The van der Waals surface area contributed by atoms with Gasteiger partial charge in [0.1, 0.15) is 11.6 Å². The van der Waals surface area contributed by atoms with E-state index in [0.29, 0.717) is 11.9 Å². The molecular weight excluding hydrogens is 236 g/mol. The Kier molecular flexibility index (Phi) is 2.71. The summed E-state index contributed by atoms with van der Waals surface area (Å²) in [6, 6.07) is 6.66. The van der Waals surface area contributed by atoms with Crippen molar-refractivity contribution in [3.05, 3.63) is 24.0 Å². The van der Waals surface area contributed by atoms with Crippen LogP contribution in [0.5, 0.6) is 5.75 Å². The van der Waals surface area contributed by atoms with Crippen molar-refractivity contribution in [3.8, 4) is 5.75 Å². The molecule has 0 saturated heterocycles. The number of methoxy groups -OCH3 is 1. The van der Waals surface area contributed by atoms with Gasteiger partial charge in [-0.15, -0.1) is 11.6 Å². The highest BCUT2D eigenvalue weighted by atomic mass is 35.5. The van der Waals surface area contributed by atoms with Crippen molar-refractivity contribution < 1.29 is 4.74 Å². The third-order valence-electron chi connectivity index (χ3n) is 3.20. The van der Waals surface area contributed by atoms with Crippen molar-refractivity contribution in [3.63, 3.8) is 0 Å². The van der Waals surface area contributed by atoms with E-state index in [1.54, 1.807) is 7.11 Å². The summed E-state index contributed by atoms with van der Waals surface area (Å²) in [4.78, 5) is 4.66. The van der Waals surface area contributed by atoms with Crippen LogP contribution in [0.4, 0.5) is 0 Å². The van der Waals surface area contributed by atoms with Gasteiger partial charge >= 0.3 is 0 Å². The van der Waals surface area contributed by atoms with Crippen LogP contribution in [0.2, 0.25) is 0 Å². The first-order valence-electron chi connectivity index (χ1n) is 5.94. The van der Waals surface area contributed by atoms with Crippen molar-refractivity contribution in [1.29, 1.82) is 0 Å². The summed E-state index contributed by atoms with van der Waals surface area (Å²) in [6.07, 6.45) is 3.32. The second-order valence-electron chi connectivity index (χ2n) is 4.42. The molecule has 0 atom stereocenters. The van der Waals surface area contributed by atoms with Gasteiger partial charge in [0.15, 0.2) is 0 Å². The van der Waals surface area contributed by atoms with Crippen LogP contribution >= 0.6 is 11.6 Å². The maximum Gasteiger partial charge on any atom is 0.121 e. The van der Waals surface area contributed by atoms with E-state index >= 15 is 0 Å². The zero-order chi connectivity index (χ0) is 11.8. The van der Waals surface area contributed by atoms with Crippen LogP contribution in [0.3, 0.4) is 0 Å². The molecule has 1 aliphatic rings. The number of hydrogen-bond donors (Lipinski definition) is 0. The molecule has 1 heterocycles. The molecule has 1 aliphatic carbocycles. The van der Waals surface area contributed by atoms with Gasteiger partial charge in [-0.25, -0.2) is 4.98 Å². The molecule has 0 N–H and O–H groups in total. The Morgan fingerprint density at radius 2 is 2.29 bits per heavy atom. The van der Waals surface area contributed by atoms with Crippen LogP contribution in [0.1, 0.15) is 24.7 Å². The maximum absolute atomic E-state index is 5.84. The van der Waals surface area contributed by atoms with Crippen molar-refractivity contribution in [1.82, 2.24) is 9.55 Å². The average Bonchev–Trinajstić information content (AvgIpc) is 3.11. The second-order valence-corrected chi connectivity index (χ2v) is 4.80. The highest BCUT2D eigenvalue weighted by molar-refractivity contribution is 6.17. The quantitative estimate of drug-likeness (QED) is 0.780. The number of rotatable bonds is 4. The van der Waals surface area contributed by atoms with E-state index in [2.05, 4.69) is 15.6 Å². The molecule has 17 heavy (non-hydrogen) atoms. The summed E-state index contributed by atoms with van der Waals surface area (Å²) in [6.45, 7) is 0. The summed E-state index contributed by atoms with van der Waals surface area (Å²) >= 11 is 5.84. The Morgan fingerprint density at radius 3 is 2.94 bits per heavy atom. The van der Waals surface area contributed by atoms with Gasteiger partial charge in [0.25, 0.3) is 0 Å². The van der Waals surface area contributed by atoms with E-state index in [0.717, 1.165) is 23.5 Å². The SMILES string of the molecule is COc1ccc2nc(CCCl)n(C3CC3)c2c1. The Labute approximate surface area is 105 Å². The molecule has 3 rings (SSSR count). The molecule has 4 heteroatoms. The third-order valence-corrected chi connectivity index (χ3v) is 3.39. The minimum Gasteiger partial charge on any atom is -0.497 e. The molecule has 0 amide bonds. The minimum atomic E-state index is 0.616. The maximum atomic E-state index is 5.84. The zero-order valence-electron chi connectivity index (χ0n) is 9.82. The minimum absolute atomic E-state index is 0.616. The van der Waals surface area contributed by atoms with Gasteiger partial charge < -0.3 is 9.30 Å². The van der Waals surface area contributed by atoms with Crippen LogP contribution in [0.25, 0.3) is 11.0 Å². The number of nitrogens with zero attached hydrogens (tertiary/aromatic N) is 2. The molecule has 1 saturated carbocycles. The molecule has 90 valence electrons. The number of alkyl halides is 1. The van der Waals surface area contributed by atoms with Crippen molar-refractivity contribution in [2.45, 2.75) is 25.3 Å². The summed E-state index contributed by atoms with van der Waals surface area (Å²) in [7, 11) is 1.69. The monoisotopic (exact) mass is 250 g/mol. The number of fused-ring (bicyclic) bond motifs is 1. The van der Waals surface area contributed by atoms with E-state index in [1.807, 2.05) is 12.1 Å². The van der Waals surface area contributed by atoms with Gasteiger partial charge in [0.2, 0.25) is 0 Å². The Morgan fingerprint density at radius 1 is 1.47 bits per heavy atom. The van der Waals surface area contributed by atoms with Crippen LogP contribution in [-0.2, 0) is 6.42 Å². The lowest BCUT2D eigenvalue weighted by Gasteiger charge is -2.06. The molecular formula is C13H15ClN2O. The number of aryl methyl sites for hydroxylation is 1. The summed E-state index contributed by atoms with van der Waals surface area (Å²) < 4.78 is 7.61. The zero-order valence-corrected chi connectivity index (χ0v) is 10.6.